The van der Waals surface area contributed by atoms with Gasteiger partial charge in [-0.1, -0.05) is 93.6 Å². The zero-order chi connectivity index (χ0) is 33.4. The SMILES string of the molecule is CCCCCCCC(CCc1cccc2nc(NS(=O)(=O)c3ccc(N)cc3)c(-c3cccc(S(=O)(=O)O)c3)nc12)c1ccccc1. The molecule has 1 heterocycles. The van der Waals surface area contributed by atoms with Crippen molar-refractivity contribution in [1.82, 2.24) is 9.97 Å². The Bertz CT molecular complexity index is 2040. The highest BCUT2D eigenvalue weighted by Gasteiger charge is 2.22. The second-order valence-corrected chi connectivity index (χ2v) is 14.8. The van der Waals surface area contributed by atoms with Crippen LogP contribution in [0.3, 0.4) is 0 Å². The summed E-state index contributed by atoms with van der Waals surface area (Å²) >= 11 is 0. The molecule has 1 aromatic heterocycles. The summed E-state index contributed by atoms with van der Waals surface area (Å²) in [5.74, 6) is 0.283. The quantitative estimate of drug-likeness (QED) is 0.0575. The molecule has 0 saturated heterocycles. The van der Waals surface area contributed by atoms with Crippen molar-refractivity contribution in [1.29, 1.82) is 0 Å². The molecular formula is C36H40N4O5S2. The van der Waals surface area contributed by atoms with Gasteiger partial charge in [0, 0.05) is 11.3 Å². The average Bonchev–Trinajstić information content (AvgIpc) is 3.06. The molecule has 0 saturated carbocycles. The van der Waals surface area contributed by atoms with E-state index in [0.717, 1.165) is 24.8 Å². The van der Waals surface area contributed by atoms with Crippen molar-refractivity contribution in [2.24, 2.45) is 0 Å². The van der Waals surface area contributed by atoms with E-state index in [4.69, 9.17) is 15.7 Å². The molecule has 0 aliphatic heterocycles. The third-order valence-electron chi connectivity index (χ3n) is 8.29. The van der Waals surface area contributed by atoms with Gasteiger partial charge in [0.1, 0.15) is 5.69 Å². The van der Waals surface area contributed by atoms with Gasteiger partial charge in [-0.3, -0.25) is 9.27 Å². The number of sulfonamides is 1. The highest BCUT2D eigenvalue weighted by atomic mass is 32.2. The van der Waals surface area contributed by atoms with Gasteiger partial charge in [0.2, 0.25) is 0 Å². The minimum atomic E-state index is -4.54. The van der Waals surface area contributed by atoms with E-state index < -0.39 is 20.1 Å². The van der Waals surface area contributed by atoms with Gasteiger partial charge in [-0.25, -0.2) is 18.4 Å². The lowest BCUT2D eigenvalue weighted by atomic mass is 9.87. The number of nitrogens with one attached hydrogen (secondary N) is 1. The number of nitrogen functional groups attached to an aromatic ring is 1. The normalized spacial score (nSPS) is 12.6. The zero-order valence-electron chi connectivity index (χ0n) is 26.3. The van der Waals surface area contributed by atoms with Gasteiger partial charge in [0.15, 0.2) is 5.82 Å². The monoisotopic (exact) mass is 672 g/mol. The molecule has 246 valence electrons. The number of hydrogen-bond donors (Lipinski definition) is 3. The fourth-order valence-corrected chi connectivity index (χ4v) is 7.31. The van der Waals surface area contributed by atoms with Crippen LogP contribution in [0.1, 0.15) is 68.9 Å². The highest BCUT2D eigenvalue weighted by molar-refractivity contribution is 7.92. The van der Waals surface area contributed by atoms with E-state index in [0.29, 0.717) is 29.1 Å². The molecular weight excluding hydrogens is 633 g/mol. The largest absolute Gasteiger partial charge is 0.399 e. The van der Waals surface area contributed by atoms with Crippen LogP contribution in [0, 0.1) is 0 Å². The number of rotatable bonds is 15. The summed E-state index contributed by atoms with van der Waals surface area (Å²) in [5, 5.41) is 0. The van der Waals surface area contributed by atoms with Gasteiger partial charge in [-0.15, -0.1) is 0 Å². The summed E-state index contributed by atoms with van der Waals surface area (Å²) in [6, 6.07) is 27.5. The summed E-state index contributed by atoms with van der Waals surface area (Å²) in [7, 11) is -8.66. The molecule has 9 nitrogen and oxygen atoms in total. The fourth-order valence-electron chi connectivity index (χ4n) is 5.77. The Labute approximate surface area is 277 Å². The van der Waals surface area contributed by atoms with Crippen molar-refractivity contribution in [2.45, 2.75) is 74.0 Å². The average molecular weight is 673 g/mol. The number of fused-ring (bicyclic) bond motifs is 1. The predicted octanol–water partition coefficient (Wildman–Crippen LogP) is 8.00. The Hall–Kier alpha value is -4.32. The van der Waals surface area contributed by atoms with Crippen LogP contribution >= 0.6 is 0 Å². The van der Waals surface area contributed by atoms with Gasteiger partial charge in [0.25, 0.3) is 20.1 Å². The number of unbranched alkanes of at least 4 members (excludes halogenated alkanes) is 4. The van der Waals surface area contributed by atoms with E-state index in [1.807, 2.05) is 18.2 Å². The minimum Gasteiger partial charge on any atom is -0.399 e. The topological polar surface area (TPSA) is 152 Å². The third kappa shape index (κ3) is 8.73. The zero-order valence-corrected chi connectivity index (χ0v) is 28.0. The smallest absolute Gasteiger partial charge is 0.294 e. The Kier molecular flexibility index (Phi) is 10.9. The molecule has 5 aromatic rings. The standard InChI is InChI=1S/C36H40N4O5S2/c1-2-3-4-5-7-14-27(26-12-8-6-9-13-26)19-20-28-15-11-18-33-34(28)39-35(29-16-10-17-32(25-29)47(43,44)45)36(38-33)40-46(41,42)31-23-21-30(37)22-24-31/h6,8-13,15-18,21-25,27H,2-5,7,14,19-20,37H2,1H3,(H,38,40)(H,43,44,45). The minimum absolute atomic E-state index is 0.0263. The molecule has 5 rings (SSSR count). The molecule has 0 amide bonds. The first kappa shape index (κ1) is 34.0. The van der Waals surface area contributed by atoms with Crippen LogP contribution in [0.4, 0.5) is 11.5 Å². The van der Waals surface area contributed by atoms with Crippen LogP contribution in [-0.4, -0.2) is 31.4 Å². The Morgan fingerprint density at radius 1 is 0.766 bits per heavy atom. The molecule has 0 fully saturated rings. The van der Waals surface area contributed by atoms with Crippen molar-refractivity contribution in [2.75, 3.05) is 10.5 Å². The lowest BCUT2D eigenvalue weighted by molar-refractivity contribution is 0.483. The van der Waals surface area contributed by atoms with Crippen molar-refractivity contribution in [3.8, 4) is 11.3 Å². The first-order valence-corrected chi connectivity index (χ1v) is 18.8. The van der Waals surface area contributed by atoms with E-state index in [-0.39, 0.29) is 26.9 Å². The van der Waals surface area contributed by atoms with Gasteiger partial charge < -0.3 is 5.73 Å². The van der Waals surface area contributed by atoms with Gasteiger partial charge in [-0.05, 0) is 78.8 Å². The van der Waals surface area contributed by atoms with Crippen LogP contribution in [0.5, 0.6) is 0 Å². The second-order valence-electron chi connectivity index (χ2n) is 11.7. The number of para-hydroxylation sites is 1. The summed E-state index contributed by atoms with van der Waals surface area (Å²) in [6.07, 6.45) is 8.73. The van der Waals surface area contributed by atoms with Crippen LogP contribution < -0.4 is 10.5 Å². The van der Waals surface area contributed by atoms with Gasteiger partial charge in [-0.2, -0.15) is 8.42 Å². The molecule has 0 aliphatic rings. The predicted molar refractivity (Wildman–Crippen MR) is 187 cm³/mol. The van der Waals surface area contributed by atoms with Gasteiger partial charge >= 0.3 is 0 Å². The second kappa shape index (κ2) is 15.1. The molecule has 4 N–H and O–H groups in total. The molecule has 1 atom stereocenters. The van der Waals surface area contributed by atoms with E-state index in [9.17, 15) is 21.4 Å². The maximum Gasteiger partial charge on any atom is 0.294 e. The van der Waals surface area contributed by atoms with Crippen LogP contribution in [0.15, 0.2) is 107 Å². The van der Waals surface area contributed by atoms with Crippen LogP contribution in [0.25, 0.3) is 22.3 Å². The first-order valence-electron chi connectivity index (χ1n) is 15.9. The van der Waals surface area contributed by atoms with E-state index in [1.54, 1.807) is 12.1 Å². The highest BCUT2D eigenvalue weighted by Crippen LogP contribution is 2.33. The lowest BCUT2D eigenvalue weighted by Gasteiger charge is -2.19. The molecule has 47 heavy (non-hydrogen) atoms. The Balaban J connectivity index is 1.54. The summed E-state index contributed by atoms with van der Waals surface area (Å²) < 4.78 is 63.1. The molecule has 11 heteroatoms. The van der Waals surface area contributed by atoms with Crippen molar-refractivity contribution < 1.29 is 21.4 Å². The molecule has 0 aliphatic carbocycles. The Morgan fingerprint density at radius 3 is 2.21 bits per heavy atom. The third-order valence-corrected chi connectivity index (χ3v) is 10.5. The van der Waals surface area contributed by atoms with Crippen molar-refractivity contribution >= 4 is 42.7 Å². The number of hydrogen-bond acceptors (Lipinski definition) is 7. The fraction of sp³-hybridized carbons (Fsp3) is 0.278. The number of benzene rings is 4. The molecule has 0 spiro atoms. The van der Waals surface area contributed by atoms with E-state index in [1.165, 1.54) is 73.7 Å². The molecule has 1 unspecified atom stereocenters. The van der Waals surface area contributed by atoms with E-state index in [2.05, 4.69) is 35.9 Å². The molecule has 4 aromatic carbocycles. The van der Waals surface area contributed by atoms with Gasteiger partial charge in [0.05, 0.1) is 20.8 Å². The van der Waals surface area contributed by atoms with E-state index >= 15 is 0 Å². The summed E-state index contributed by atoms with van der Waals surface area (Å²) in [5.41, 5.74) is 9.90. The van der Waals surface area contributed by atoms with Crippen molar-refractivity contribution in [3.05, 3.63) is 108 Å². The maximum atomic E-state index is 13.4. The summed E-state index contributed by atoms with van der Waals surface area (Å²) in [4.78, 5) is 9.26. The van der Waals surface area contributed by atoms with Crippen LogP contribution in [-0.2, 0) is 26.6 Å². The number of aromatic nitrogens is 2. The number of nitrogens with two attached hydrogens (primary N) is 1. The number of nitrogens with zero attached hydrogens (tertiary/aromatic N) is 2. The number of anilines is 2. The molecule has 0 bridgehead atoms. The number of aryl methyl sites for hydroxylation is 1. The first-order chi connectivity index (χ1) is 22.5. The molecule has 0 radical (unpaired) electrons. The van der Waals surface area contributed by atoms with Crippen LogP contribution in [0.2, 0.25) is 0 Å². The lowest BCUT2D eigenvalue weighted by Crippen LogP contribution is -2.15. The summed E-state index contributed by atoms with van der Waals surface area (Å²) in [6.45, 7) is 2.22. The Morgan fingerprint density at radius 2 is 1.49 bits per heavy atom. The maximum absolute atomic E-state index is 13.4. The van der Waals surface area contributed by atoms with Crippen molar-refractivity contribution in [3.63, 3.8) is 0 Å².